The minimum atomic E-state index is -0.365. The van der Waals surface area contributed by atoms with Crippen LogP contribution in [-0.4, -0.2) is 59.4 Å². The van der Waals surface area contributed by atoms with Crippen molar-refractivity contribution in [2.75, 3.05) is 13.6 Å². The largest absolute Gasteiger partial charge is 0.339 e. The molecule has 0 aliphatic carbocycles. The number of nitrogens with one attached hydrogen (secondary N) is 2. The lowest BCUT2D eigenvalue weighted by atomic mass is 9.98. The number of hydrogen-bond donors (Lipinski definition) is 2. The van der Waals surface area contributed by atoms with Gasteiger partial charge in [0, 0.05) is 30.7 Å². The minimum Gasteiger partial charge on any atom is -0.339 e. The molecular weight excluding hydrogens is 332 g/mol. The number of fused-ring (bicyclic) bond motifs is 2. The lowest BCUT2D eigenvalue weighted by molar-refractivity contribution is -0.125. The number of carbonyl (C=O) groups is 3. The maximum Gasteiger partial charge on any atom is 0.324 e. The molecule has 1 aromatic carbocycles. The van der Waals surface area contributed by atoms with Gasteiger partial charge in [0.05, 0.1) is 13.1 Å². The van der Waals surface area contributed by atoms with Crippen LogP contribution in [0.2, 0.25) is 0 Å². The number of amides is 4. The molecule has 2 bridgehead atoms. The van der Waals surface area contributed by atoms with Gasteiger partial charge in [-0.1, -0.05) is 12.1 Å². The SMILES string of the molecule is CN(C(=O)c1ccc(CN2C(=O)CNC2=O)cc1)C1CC2CCC(C1)N2. The molecule has 4 amide bonds. The molecular formula is C19H24N4O3. The third-order valence-electron chi connectivity index (χ3n) is 5.79. The molecule has 0 saturated carbocycles. The van der Waals surface area contributed by atoms with Gasteiger partial charge in [0.1, 0.15) is 0 Å². The normalized spacial score (nSPS) is 27.6. The molecule has 138 valence electrons. The molecule has 3 saturated heterocycles. The summed E-state index contributed by atoms with van der Waals surface area (Å²) in [6.07, 6.45) is 4.45. The molecule has 3 aliphatic rings. The fraction of sp³-hybridized carbons (Fsp3) is 0.526. The van der Waals surface area contributed by atoms with Crippen LogP contribution in [0.5, 0.6) is 0 Å². The quantitative estimate of drug-likeness (QED) is 0.792. The van der Waals surface area contributed by atoms with E-state index < -0.39 is 0 Å². The van der Waals surface area contributed by atoms with E-state index in [-0.39, 0.29) is 37.0 Å². The van der Waals surface area contributed by atoms with Crippen molar-refractivity contribution in [2.24, 2.45) is 0 Å². The summed E-state index contributed by atoms with van der Waals surface area (Å²) in [5.41, 5.74) is 1.47. The van der Waals surface area contributed by atoms with Crippen molar-refractivity contribution in [3.8, 4) is 0 Å². The van der Waals surface area contributed by atoms with Gasteiger partial charge in [0.25, 0.3) is 5.91 Å². The van der Waals surface area contributed by atoms with Crippen molar-refractivity contribution in [2.45, 2.75) is 50.4 Å². The highest BCUT2D eigenvalue weighted by atomic mass is 16.2. The number of hydrogen-bond acceptors (Lipinski definition) is 4. The second kappa shape index (κ2) is 6.72. The number of nitrogens with zero attached hydrogens (tertiary/aromatic N) is 2. The zero-order valence-electron chi connectivity index (χ0n) is 14.9. The standard InChI is InChI=1S/C19H24N4O3/c1-22(16-8-14-6-7-15(9-16)21-14)18(25)13-4-2-12(3-5-13)11-23-17(24)10-20-19(23)26/h2-5,14-16,21H,6-11H2,1H3,(H,20,26). The molecule has 2 atom stereocenters. The summed E-state index contributed by atoms with van der Waals surface area (Å²) in [5.74, 6) is -0.201. The number of piperidine rings is 1. The fourth-order valence-electron chi connectivity index (χ4n) is 4.26. The average Bonchev–Trinajstić information content (AvgIpc) is 3.16. The second-order valence-corrected chi connectivity index (χ2v) is 7.51. The number of benzene rings is 1. The van der Waals surface area contributed by atoms with Crippen LogP contribution in [0.1, 0.15) is 41.6 Å². The lowest BCUT2D eigenvalue weighted by Gasteiger charge is -2.35. The molecule has 7 heteroatoms. The van der Waals surface area contributed by atoms with Crippen LogP contribution < -0.4 is 10.6 Å². The van der Waals surface area contributed by atoms with E-state index in [1.807, 2.05) is 24.1 Å². The number of urea groups is 1. The van der Waals surface area contributed by atoms with E-state index in [2.05, 4.69) is 10.6 Å². The Morgan fingerprint density at radius 2 is 1.81 bits per heavy atom. The van der Waals surface area contributed by atoms with E-state index in [1.165, 1.54) is 17.7 Å². The van der Waals surface area contributed by atoms with Crippen molar-refractivity contribution < 1.29 is 14.4 Å². The van der Waals surface area contributed by atoms with Gasteiger partial charge in [-0.2, -0.15) is 0 Å². The van der Waals surface area contributed by atoms with Gasteiger partial charge in [0.2, 0.25) is 5.91 Å². The van der Waals surface area contributed by atoms with Crippen molar-refractivity contribution >= 4 is 17.8 Å². The predicted molar refractivity (Wildman–Crippen MR) is 95.5 cm³/mol. The highest BCUT2D eigenvalue weighted by Crippen LogP contribution is 2.29. The number of carbonyl (C=O) groups excluding carboxylic acids is 3. The Labute approximate surface area is 152 Å². The van der Waals surface area contributed by atoms with E-state index in [4.69, 9.17) is 0 Å². The first kappa shape index (κ1) is 17.0. The second-order valence-electron chi connectivity index (χ2n) is 7.51. The van der Waals surface area contributed by atoms with Crippen molar-refractivity contribution in [3.63, 3.8) is 0 Å². The van der Waals surface area contributed by atoms with Gasteiger partial charge in [-0.05, 0) is 43.4 Å². The van der Waals surface area contributed by atoms with Crippen LogP contribution in [0.4, 0.5) is 4.79 Å². The molecule has 7 nitrogen and oxygen atoms in total. The van der Waals surface area contributed by atoms with Crippen LogP contribution in [0.25, 0.3) is 0 Å². The van der Waals surface area contributed by atoms with Gasteiger partial charge >= 0.3 is 6.03 Å². The Balaban J connectivity index is 1.40. The molecule has 3 aliphatic heterocycles. The third-order valence-corrected chi connectivity index (χ3v) is 5.79. The molecule has 3 heterocycles. The molecule has 0 aromatic heterocycles. The summed E-state index contributed by atoms with van der Waals surface area (Å²) in [6.45, 7) is 0.283. The maximum atomic E-state index is 12.8. The van der Waals surface area contributed by atoms with Crippen molar-refractivity contribution in [3.05, 3.63) is 35.4 Å². The first-order valence-corrected chi connectivity index (χ1v) is 9.21. The minimum absolute atomic E-state index is 0.0258. The topological polar surface area (TPSA) is 81.8 Å². The molecule has 26 heavy (non-hydrogen) atoms. The van der Waals surface area contributed by atoms with Crippen molar-refractivity contribution in [1.29, 1.82) is 0 Å². The Morgan fingerprint density at radius 1 is 1.15 bits per heavy atom. The van der Waals surface area contributed by atoms with Gasteiger partial charge < -0.3 is 15.5 Å². The maximum absolute atomic E-state index is 12.8. The average molecular weight is 356 g/mol. The molecule has 0 spiro atoms. The third kappa shape index (κ3) is 3.19. The molecule has 4 rings (SSSR count). The van der Waals surface area contributed by atoms with Gasteiger partial charge in [0.15, 0.2) is 0 Å². The summed E-state index contributed by atoms with van der Waals surface area (Å²) in [4.78, 5) is 39.2. The highest BCUT2D eigenvalue weighted by Gasteiger charge is 2.36. The zero-order valence-corrected chi connectivity index (χ0v) is 14.9. The summed E-state index contributed by atoms with van der Waals surface area (Å²) < 4.78 is 0. The number of imide groups is 1. The van der Waals surface area contributed by atoms with E-state index in [1.54, 1.807) is 12.1 Å². The Morgan fingerprint density at radius 3 is 2.38 bits per heavy atom. The first-order chi connectivity index (χ1) is 12.5. The fourth-order valence-corrected chi connectivity index (χ4v) is 4.26. The summed E-state index contributed by atoms with van der Waals surface area (Å²) in [6, 6.07) is 8.19. The molecule has 1 aromatic rings. The smallest absolute Gasteiger partial charge is 0.324 e. The van der Waals surface area contributed by atoms with Crippen LogP contribution in [0, 0.1) is 0 Å². The zero-order chi connectivity index (χ0) is 18.3. The summed E-state index contributed by atoms with van der Waals surface area (Å²) >= 11 is 0. The monoisotopic (exact) mass is 356 g/mol. The Hall–Kier alpha value is -2.41. The van der Waals surface area contributed by atoms with Gasteiger partial charge in [-0.15, -0.1) is 0 Å². The molecule has 2 unspecified atom stereocenters. The van der Waals surface area contributed by atoms with Crippen molar-refractivity contribution in [1.82, 2.24) is 20.4 Å². The van der Waals surface area contributed by atoms with Crippen LogP contribution >= 0.6 is 0 Å². The highest BCUT2D eigenvalue weighted by molar-refractivity contribution is 6.01. The van der Waals surface area contributed by atoms with Crippen LogP contribution in [0.3, 0.4) is 0 Å². The first-order valence-electron chi connectivity index (χ1n) is 9.21. The van der Waals surface area contributed by atoms with Gasteiger partial charge in [-0.3, -0.25) is 14.5 Å². The summed E-state index contributed by atoms with van der Waals surface area (Å²) in [7, 11) is 1.89. The molecule has 2 N–H and O–H groups in total. The van der Waals surface area contributed by atoms with Crippen LogP contribution in [0.15, 0.2) is 24.3 Å². The summed E-state index contributed by atoms with van der Waals surface area (Å²) in [5, 5.41) is 6.10. The molecule has 0 radical (unpaired) electrons. The molecule has 3 fully saturated rings. The predicted octanol–water partition coefficient (Wildman–Crippen LogP) is 1.09. The Bertz CT molecular complexity index is 705. The van der Waals surface area contributed by atoms with E-state index in [9.17, 15) is 14.4 Å². The Kier molecular flexibility index (Phi) is 4.40. The van der Waals surface area contributed by atoms with Crippen LogP contribution in [-0.2, 0) is 11.3 Å². The van der Waals surface area contributed by atoms with E-state index >= 15 is 0 Å². The number of rotatable bonds is 4. The van der Waals surface area contributed by atoms with E-state index in [0.717, 1.165) is 18.4 Å². The lowest BCUT2D eigenvalue weighted by Crippen LogP contribution is -2.48. The van der Waals surface area contributed by atoms with Gasteiger partial charge in [-0.25, -0.2) is 4.79 Å². The van der Waals surface area contributed by atoms with E-state index in [0.29, 0.717) is 17.6 Å².